The smallest absolute Gasteiger partial charge is 0.325 e. The molecule has 2 aliphatic heterocycles. The molecule has 2 unspecified atom stereocenters. The Morgan fingerprint density at radius 2 is 1.72 bits per heavy atom. The van der Waals surface area contributed by atoms with E-state index in [-0.39, 0.29) is 24.1 Å². The Kier molecular flexibility index (Phi) is 4.91. The minimum absolute atomic E-state index is 0.108. The molecule has 2 heterocycles. The molecule has 2 aromatic carbocycles. The normalized spacial score (nSPS) is 22.4. The molecule has 4 rings (SSSR count). The Hall–Kier alpha value is -3.07. The molecule has 3 amide bonds. The molecule has 2 fully saturated rings. The number of carbonyl (C=O) groups excluding carboxylic acids is 2. The van der Waals surface area contributed by atoms with Crippen molar-refractivity contribution in [1.29, 1.82) is 0 Å². The van der Waals surface area contributed by atoms with E-state index in [4.69, 9.17) is 4.74 Å². The van der Waals surface area contributed by atoms with Crippen molar-refractivity contribution >= 4 is 33.2 Å². The van der Waals surface area contributed by atoms with Gasteiger partial charge in [-0.05, 0) is 24.3 Å². The Morgan fingerprint density at radius 3 is 2.45 bits per heavy atom. The van der Waals surface area contributed by atoms with E-state index in [1.165, 1.54) is 16.9 Å². The van der Waals surface area contributed by atoms with E-state index in [1.54, 1.807) is 48.5 Å². The molecular weight excluding hydrogens is 394 g/mol. The molecule has 2 aliphatic rings. The fraction of sp³-hybridized carbons (Fsp3) is 0.300. The number of methoxy groups -OCH3 is 1. The van der Waals surface area contributed by atoms with Crippen LogP contribution in [0.15, 0.2) is 54.6 Å². The van der Waals surface area contributed by atoms with E-state index in [9.17, 15) is 18.0 Å². The zero-order valence-electron chi connectivity index (χ0n) is 15.8. The van der Waals surface area contributed by atoms with Crippen LogP contribution in [0.5, 0.6) is 5.75 Å². The number of hydrogen-bond acceptors (Lipinski definition) is 5. The lowest BCUT2D eigenvalue weighted by molar-refractivity contribution is -0.116. The second-order valence-corrected chi connectivity index (χ2v) is 9.23. The summed E-state index contributed by atoms with van der Waals surface area (Å²) < 4.78 is 29.7. The minimum Gasteiger partial charge on any atom is -0.495 e. The molecular formula is C20H21N3O5S. The summed E-state index contributed by atoms with van der Waals surface area (Å²) >= 11 is 0. The maximum atomic E-state index is 13.1. The minimum atomic E-state index is -3.30. The summed E-state index contributed by atoms with van der Waals surface area (Å²) in [5, 5.41) is 2.74. The number of rotatable bonds is 5. The van der Waals surface area contributed by atoms with Crippen molar-refractivity contribution in [2.75, 3.05) is 35.4 Å². The van der Waals surface area contributed by atoms with Gasteiger partial charge in [-0.3, -0.25) is 9.69 Å². The van der Waals surface area contributed by atoms with Gasteiger partial charge >= 0.3 is 6.03 Å². The number of fused-ring (bicyclic) bond motifs is 1. The van der Waals surface area contributed by atoms with Crippen molar-refractivity contribution in [3.63, 3.8) is 0 Å². The monoisotopic (exact) mass is 415 g/mol. The Balaban J connectivity index is 1.58. The Labute approximate surface area is 169 Å². The summed E-state index contributed by atoms with van der Waals surface area (Å²) in [6, 6.07) is 14.5. The number of benzene rings is 2. The van der Waals surface area contributed by atoms with Crippen molar-refractivity contribution in [3.05, 3.63) is 54.6 Å². The molecule has 2 aromatic rings. The van der Waals surface area contributed by atoms with Gasteiger partial charge in [-0.15, -0.1) is 0 Å². The van der Waals surface area contributed by atoms with Gasteiger partial charge in [0, 0.05) is 5.69 Å². The van der Waals surface area contributed by atoms with Crippen molar-refractivity contribution in [2.24, 2.45) is 0 Å². The van der Waals surface area contributed by atoms with Crippen molar-refractivity contribution in [1.82, 2.24) is 4.90 Å². The maximum absolute atomic E-state index is 13.1. The zero-order chi connectivity index (χ0) is 20.6. The summed E-state index contributed by atoms with van der Waals surface area (Å²) in [5.74, 6) is -0.168. The molecule has 0 radical (unpaired) electrons. The predicted molar refractivity (Wildman–Crippen MR) is 109 cm³/mol. The summed E-state index contributed by atoms with van der Waals surface area (Å²) in [6.45, 7) is -0.239. The lowest BCUT2D eigenvalue weighted by atomic mass is 10.1. The van der Waals surface area contributed by atoms with Gasteiger partial charge in [0.05, 0.1) is 36.4 Å². The van der Waals surface area contributed by atoms with Gasteiger partial charge in [-0.1, -0.05) is 30.3 Å². The van der Waals surface area contributed by atoms with E-state index < -0.39 is 27.8 Å². The third kappa shape index (κ3) is 3.65. The molecule has 8 nitrogen and oxygen atoms in total. The highest BCUT2D eigenvalue weighted by Gasteiger charge is 2.54. The van der Waals surface area contributed by atoms with Gasteiger partial charge in [0.1, 0.15) is 12.3 Å². The van der Waals surface area contributed by atoms with Crippen LogP contribution in [0.3, 0.4) is 0 Å². The number of sulfone groups is 1. The van der Waals surface area contributed by atoms with Crippen LogP contribution in [-0.2, 0) is 14.6 Å². The van der Waals surface area contributed by atoms with Crippen LogP contribution in [-0.4, -0.2) is 62.5 Å². The molecule has 9 heteroatoms. The second-order valence-electron chi connectivity index (χ2n) is 7.08. The topological polar surface area (TPSA) is 96.0 Å². The molecule has 2 atom stereocenters. The molecule has 2 saturated heterocycles. The fourth-order valence-electron chi connectivity index (χ4n) is 3.94. The summed E-state index contributed by atoms with van der Waals surface area (Å²) in [6.07, 6.45) is 0. The number of nitrogens with zero attached hydrogens (tertiary/aromatic N) is 2. The summed E-state index contributed by atoms with van der Waals surface area (Å²) in [4.78, 5) is 28.6. The van der Waals surface area contributed by atoms with Crippen LogP contribution >= 0.6 is 0 Å². The molecule has 1 N–H and O–H groups in total. The Morgan fingerprint density at radius 1 is 1.07 bits per heavy atom. The van der Waals surface area contributed by atoms with Crippen LogP contribution in [0.25, 0.3) is 0 Å². The number of urea groups is 1. The first-order chi connectivity index (χ1) is 13.9. The van der Waals surface area contributed by atoms with Crippen molar-refractivity contribution in [2.45, 2.75) is 12.1 Å². The van der Waals surface area contributed by atoms with Crippen LogP contribution in [0, 0.1) is 0 Å². The van der Waals surface area contributed by atoms with Gasteiger partial charge < -0.3 is 15.0 Å². The summed E-state index contributed by atoms with van der Waals surface area (Å²) in [7, 11) is -1.79. The largest absolute Gasteiger partial charge is 0.495 e. The number of amides is 3. The van der Waals surface area contributed by atoms with Crippen molar-refractivity contribution < 1.29 is 22.7 Å². The SMILES string of the molecule is COc1ccccc1NC(=O)CN1C(=O)N(c2ccccc2)C2CS(=O)(=O)CC21. The van der Waals surface area contributed by atoms with Gasteiger partial charge in [0.25, 0.3) is 0 Å². The third-order valence-corrected chi connectivity index (χ3v) is 6.91. The lowest BCUT2D eigenvalue weighted by Gasteiger charge is -2.22. The van der Waals surface area contributed by atoms with Crippen molar-refractivity contribution in [3.8, 4) is 5.75 Å². The van der Waals surface area contributed by atoms with E-state index in [0.29, 0.717) is 17.1 Å². The molecule has 0 saturated carbocycles. The average molecular weight is 415 g/mol. The number of ether oxygens (including phenoxy) is 1. The highest BCUT2D eigenvalue weighted by atomic mass is 32.2. The van der Waals surface area contributed by atoms with E-state index >= 15 is 0 Å². The van der Waals surface area contributed by atoms with E-state index in [1.807, 2.05) is 6.07 Å². The standard InChI is InChI=1S/C20H21N3O5S/c1-28-18-10-6-5-9-15(18)21-19(24)11-22-16-12-29(26,27)13-17(16)23(20(22)25)14-7-3-2-4-8-14/h2-10,16-17H,11-13H2,1H3,(H,21,24). The highest BCUT2D eigenvalue weighted by Crippen LogP contribution is 2.35. The van der Waals surface area contributed by atoms with Crippen LogP contribution < -0.4 is 15.0 Å². The first-order valence-electron chi connectivity index (χ1n) is 9.18. The van der Waals surface area contributed by atoms with Crippen LogP contribution in [0.2, 0.25) is 0 Å². The highest BCUT2D eigenvalue weighted by molar-refractivity contribution is 7.91. The lowest BCUT2D eigenvalue weighted by Crippen LogP contribution is -2.42. The number of carbonyl (C=O) groups is 2. The third-order valence-electron chi connectivity index (χ3n) is 5.21. The summed E-state index contributed by atoms with van der Waals surface area (Å²) in [5.41, 5.74) is 1.11. The molecule has 0 aliphatic carbocycles. The zero-order valence-corrected chi connectivity index (χ0v) is 16.6. The molecule has 0 aromatic heterocycles. The molecule has 0 spiro atoms. The van der Waals surface area contributed by atoms with Crippen LogP contribution in [0.1, 0.15) is 0 Å². The number of anilines is 2. The molecule has 0 bridgehead atoms. The first-order valence-corrected chi connectivity index (χ1v) is 11.0. The van der Waals surface area contributed by atoms with Gasteiger partial charge in [-0.25, -0.2) is 13.2 Å². The van der Waals surface area contributed by atoms with E-state index in [0.717, 1.165) is 0 Å². The quantitative estimate of drug-likeness (QED) is 0.751. The second kappa shape index (κ2) is 7.40. The number of nitrogens with one attached hydrogen (secondary N) is 1. The van der Waals surface area contributed by atoms with Gasteiger partial charge in [0.15, 0.2) is 9.84 Å². The number of hydrogen-bond donors (Lipinski definition) is 1. The molecule has 29 heavy (non-hydrogen) atoms. The number of para-hydroxylation sites is 3. The van der Waals surface area contributed by atoms with E-state index in [2.05, 4.69) is 5.32 Å². The van der Waals surface area contributed by atoms with Crippen LogP contribution in [0.4, 0.5) is 16.2 Å². The maximum Gasteiger partial charge on any atom is 0.325 e. The first kappa shape index (κ1) is 19.3. The fourth-order valence-corrected chi connectivity index (χ4v) is 5.89. The Bertz CT molecular complexity index is 1040. The van der Waals surface area contributed by atoms with Gasteiger partial charge in [-0.2, -0.15) is 0 Å². The molecule has 152 valence electrons. The average Bonchev–Trinajstić information content (AvgIpc) is 3.13. The predicted octanol–water partition coefficient (Wildman–Crippen LogP) is 1.74. The van der Waals surface area contributed by atoms with Gasteiger partial charge in [0.2, 0.25) is 5.91 Å².